The van der Waals surface area contributed by atoms with Crippen LogP contribution in [-0.4, -0.2) is 53.7 Å². The van der Waals surface area contributed by atoms with Crippen molar-refractivity contribution in [3.8, 4) is 0 Å². The molecule has 6 nitrogen and oxygen atoms in total. The Kier molecular flexibility index (Phi) is 4.76. The minimum absolute atomic E-state index is 0.150. The number of alkyl carbamates (subject to hydrolysis) is 1. The van der Waals surface area contributed by atoms with Crippen molar-refractivity contribution < 1.29 is 14.3 Å². The van der Waals surface area contributed by atoms with Crippen LogP contribution in [0.3, 0.4) is 0 Å². The number of ether oxygens (including phenoxy) is 1. The van der Waals surface area contributed by atoms with Crippen LogP contribution in [0.2, 0.25) is 0 Å². The van der Waals surface area contributed by atoms with Crippen LogP contribution in [0.4, 0.5) is 4.79 Å². The summed E-state index contributed by atoms with van der Waals surface area (Å²) in [5.74, 6) is -0.150. The molecule has 1 aliphatic heterocycles. The summed E-state index contributed by atoms with van der Waals surface area (Å²) in [5, 5.41) is 5.58. The first-order chi connectivity index (χ1) is 9.74. The summed E-state index contributed by atoms with van der Waals surface area (Å²) in [6.07, 6.45) is 3.01. The highest BCUT2D eigenvalue weighted by Crippen LogP contribution is 2.29. The van der Waals surface area contributed by atoms with E-state index in [1.807, 2.05) is 0 Å². The maximum Gasteiger partial charge on any atom is 0.408 e. The molecule has 1 saturated heterocycles. The van der Waals surface area contributed by atoms with Gasteiger partial charge in [0, 0.05) is 25.2 Å². The molecule has 0 aromatic carbocycles. The molecular weight excluding hydrogens is 270 g/mol. The van der Waals surface area contributed by atoms with Crippen LogP contribution in [0.25, 0.3) is 0 Å². The van der Waals surface area contributed by atoms with Crippen molar-refractivity contribution in [2.75, 3.05) is 13.1 Å². The molecule has 1 saturated carbocycles. The summed E-state index contributed by atoms with van der Waals surface area (Å²) in [6.45, 7) is 9.04. The quantitative estimate of drug-likeness (QED) is 0.819. The summed E-state index contributed by atoms with van der Waals surface area (Å²) in [6, 6.07) is 0.347. The predicted octanol–water partition coefficient (Wildman–Crippen LogP) is 1.25. The van der Waals surface area contributed by atoms with Crippen molar-refractivity contribution in [2.45, 2.75) is 70.7 Å². The predicted molar refractivity (Wildman–Crippen MR) is 80.0 cm³/mol. The lowest BCUT2D eigenvalue weighted by molar-refractivity contribution is -0.123. The molecule has 1 aliphatic carbocycles. The van der Waals surface area contributed by atoms with Gasteiger partial charge in [0.05, 0.1) is 0 Å². The number of rotatable bonds is 4. The third-order valence-corrected chi connectivity index (χ3v) is 3.76. The molecule has 2 amide bonds. The minimum Gasteiger partial charge on any atom is -0.444 e. The van der Waals surface area contributed by atoms with Crippen molar-refractivity contribution >= 4 is 12.0 Å². The summed E-state index contributed by atoms with van der Waals surface area (Å²) in [5.41, 5.74) is -0.559. The van der Waals surface area contributed by atoms with E-state index in [1.165, 1.54) is 12.8 Å². The molecule has 21 heavy (non-hydrogen) atoms. The fourth-order valence-electron chi connectivity index (χ4n) is 2.55. The second kappa shape index (κ2) is 6.22. The van der Waals surface area contributed by atoms with E-state index in [2.05, 4.69) is 15.5 Å². The maximum absolute atomic E-state index is 12.1. The minimum atomic E-state index is -0.588. The maximum atomic E-state index is 12.1. The monoisotopic (exact) mass is 297 g/mol. The van der Waals surface area contributed by atoms with Crippen molar-refractivity contribution in [3.05, 3.63) is 0 Å². The van der Waals surface area contributed by atoms with E-state index >= 15 is 0 Å². The van der Waals surface area contributed by atoms with Gasteiger partial charge in [0.25, 0.3) is 0 Å². The van der Waals surface area contributed by atoms with E-state index in [9.17, 15) is 9.59 Å². The number of hydrogen-bond donors (Lipinski definition) is 2. The molecule has 1 heterocycles. The van der Waals surface area contributed by atoms with Gasteiger partial charge in [-0.1, -0.05) is 0 Å². The van der Waals surface area contributed by atoms with Crippen molar-refractivity contribution in [2.24, 2.45) is 0 Å². The van der Waals surface area contributed by atoms with Gasteiger partial charge < -0.3 is 15.4 Å². The average molecular weight is 297 g/mol. The lowest BCUT2D eigenvalue weighted by Gasteiger charge is -2.22. The molecule has 0 bridgehead atoms. The SMILES string of the molecule is CC(NC(=O)OC(C)(C)C)C(=O)NC1CCN(C2CC2)C1. The van der Waals surface area contributed by atoms with Gasteiger partial charge in [-0.3, -0.25) is 9.69 Å². The second-order valence-corrected chi connectivity index (χ2v) is 7.09. The third-order valence-electron chi connectivity index (χ3n) is 3.76. The topological polar surface area (TPSA) is 70.7 Å². The normalized spacial score (nSPS) is 24.5. The van der Waals surface area contributed by atoms with Crippen LogP contribution in [0, 0.1) is 0 Å². The molecule has 120 valence electrons. The Morgan fingerprint density at radius 2 is 1.90 bits per heavy atom. The van der Waals surface area contributed by atoms with Crippen LogP contribution in [0.1, 0.15) is 47.0 Å². The second-order valence-electron chi connectivity index (χ2n) is 7.09. The van der Waals surface area contributed by atoms with Crippen molar-refractivity contribution in [1.29, 1.82) is 0 Å². The van der Waals surface area contributed by atoms with Gasteiger partial charge in [-0.25, -0.2) is 4.79 Å². The van der Waals surface area contributed by atoms with E-state index in [4.69, 9.17) is 4.74 Å². The Balaban J connectivity index is 1.71. The number of carbonyl (C=O) groups excluding carboxylic acids is 2. The summed E-state index contributed by atoms with van der Waals surface area (Å²) < 4.78 is 5.15. The van der Waals surface area contributed by atoms with Crippen LogP contribution < -0.4 is 10.6 Å². The van der Waals surface area contributed by atoms with Crippen LogP contribution in [0.15, 0.2) is 0 Å². The van der Waals surface area contributed by atoms with Crippen molar-refractivity contribution in [1.82, 2.24) is 15.5 Å². The molecule has 0 aromatic heterocycles. The smallest absolute Gasteiger partial charge is 0.408 e. The third kappa shape index (κ3) is 5.19. The fourth-order valence-corrected chi connectivity index (χ4v) is 2.55. The van der Waals surface area contributed by atoms with Gasteiger partial charge in [0.1, 0.15) is 11.6 Å². The zero-order valence-electron chi connectivity index (χ0n) is 13.4. The lowest BCUT2D eigenvalue weighted by atomic mass is 10.2. The zero-order valence-corrected chi connectivity index (χ0v) is 13.4. The summed E-state index contributed by atoms with van der Waals surface area (Å²) in [7, 11) is 0. The van der Waals surface area contributed by atoms with Crippen molar-refractivity contribution in [3.63, 3.8) is 0 Å². The number of hydrogen-bond acceptors (Lipinski definition) is 4. The first kappa shape index (κ1) is 16.1. The first-order valence-corrected chi connectivity index (χ1v) is 7.78. The number of carbonyl (C=O) groups is 2. The average Bonchev–Trinajstić information content (AvgIpc) is 3.08. The lowest BCUT2D eigenvalue weighted by Crippen LogP contribution is -2.49. The Labute approximate surface area is 126 Å². The van der Waals surface area contributed by atoms with E-state index < -0.39 is 17.7 Å². The summed E-state index contributed by atoms with van der Waals surface area (Å²) >= 11 is 0. The number of nitrogens with one attached hydrogen (secondary N) is 2. The number of likely N-dealkylation sites (tertiary alicyclic amines) is 1. The highest BCUT2D eigenvalue weighted by molar-refractivity contribution is 5.85. The van der Waals surface area contributed by atoms with E-state index in [1.54, 1.807) is 27.7 Å². The number of amides is 2. The molecule has 0 spiro atoms. The van der Waals surface area contributed by atoms with Gasteiger partial charge in [-0.05, 0) is 47.0 Å². The highest BCUT2D eigenvalue weighted by Gasteiger charge is 2.35. The molecule has 2 atom stereocenters. The Morgan fingerprint density at radius 1 is 1.24 bits per heavy atom. The van der Waals surface area contributed by atoms with Gasteiger partial charge in [-0.2, -0.15) is 0 Å². The fraction of sp³-hybridized carbons (Fsp3) is 0.867. The molecule has 2 N–H and O–H groups in total. The first-order valence-electron chi connectivity index (χ1n) is 7.78. The van der Waals surface area contributed by atoms with Gasteiger partial charge >= 0.3 is 6.09 Å². The van der Waals surface area contributed by atoms with Crippen LogP contribution >= 0.6 is 0 Å². The molecule has 2 rings (SSSR count). The van der Waals surface area contributed by atoms with Crippen LogP contribution in [-0.2, 0) is 9.53 Å². The largest absolute Gasteiger partial charge is 0.444 e. The molecule has 2 unspecified atom stereocenters. The number of nitrogens with zero attached hydrogens (tertiary/aromatic N) is 1. The Morgan fingerprint density at radius 3 is 2.48 bits per heavy atom. The molecule has 2 aliphatic rings. The van der Waals surface area contributed by atoms with Gasteiger partial charge in [0.2, 0.25) is 5.91 Å². The standard InChI is InChI=1S/C15H27N3O3/c1-10(16-14(20)21-15(2,3)4)13(19)17-11-7-8-18(9-11)12-5-6-12/h10-12H,5-9H2,1-4H3,(H,16,20)(H,17,19). The van der Waals surface area contributed by atoms with E-state index in [0.29, 0.717) is 0 Å². The highest BCUT2D eigenvalue weighted by atomic mass is 16.6. The van der Waals surface area contributed by atoms with Gasteiger partial charge in [-0.15, -0.1) is 0 Å². The molecule has 0 aromatic rings. The van der Waals surface area contributed by atoms with Crippen LogP contribution in [0.5, 0.6) is 0 Å². The van der Waals surface area contributed by atoms with Gasteiger partial charge in [0.15, 0.2) is 0 Å². The zero-order chi connectivity index (χ0) is 15.6. The molecular formula is C15H27N3O3. The van der Waals surface area contributed by atoms with E-state index in [0.717, 1.165) is 25.6 Å². The molecule has 2 fully saturated rings. The Bertz CT molecular complexity index is 401. The molecule has 6 heteroatoms. The summed E-state index contributed by atoms with van der Waals surface area (Å²) in [4.78, 5) is 26.2. The Hall–Kier alpha value is -1.30. The van der Waals surface area contributed by atoms with E-state index in [-0.39, 0.29) is 11.9 Å². The molecule has 0 radical (unpaired) electrons.